The number of hydrogen-bond acceptors (Lipinski definition) is 2. The van der Waals surface area contributed by atoms with Crippen molar-refractivity contribution in [3.05, 3.63) is 315 Å². The van der Waals surface area contributed by atoms with Crippen LogP contribution in [0.4, 0.5) is 0 Å². The second kappa shape index (κ2) is 19.8. The summed E-state index contributed by atoms with van der Waals surface area (Å²) in [6.45, 7) is 0. The highest BCUT2D eigenvalue weighted by Gasteiger charge is 2.22. The molecule has 0 fully saturated rings. The molecule has 422 valence electrons. The predicted molar refractivity (Wildman–Crippen MR) is 378 cm³/mol. The largest absolute Gasteiger partial charge is 0.455 e. The van der Waals surface area contributed by atoms with Gasteiger partial charge in [-0.15, -0.1) is 0 Å². The molecule has 0 N–H and O–H groups in total. The molecule has 0 aliphatic rings. The van der Waals surface area contributed by atoms with Crippen molar-refractivity contribution in [3.63, 3.8) is 0 Å². The molecule has 6 heteroatoms. The van der Waals surface area contributed by atoms with Crippen molar-refractivity contribution in [1.82, 2.24) is 18.3 Å². The highest BCUT2D eigenvalue weighted by molar-refractivity contribution is 6.17. The molecule has 0 radical (unpaired) electrons. The van der Waals surface area contributed by atoms with Gasteiger partial charge in [0.25, 0.3) is 0 Å². The van der Waals surface area contributed by atoms with Gasteiger partial charge in [0, 0.05) is 82.2 Å². The number of hydrogen-bond donors (Lipinski definition) is 0. The van der Waals surface area contributed by atoms with Crippen LogP contribution in [0.15, 0.2) is 314 Å². The summed E-state index contributed by atoms with van der Waals surface area (Å²) in [4.78, 5) is 0. The van der Waals surface area contributed by atoms with E-state index in [1.165, 1.54) is 65.6 Å². The molecule has 0 aliphatic carbocycles. The first-order chi connectivity index (χ1) is 45.1. The number of nitrogens with zero attached hydrogens (tertiary/aromatic N) is 5. The molecule has 5 heterocycles. The summed E-state index contributed by atoms with van der Waals surface area (Å²) in [5.41, 5.74) is 24.8. The lowest BCUT2D eigenvalue weighted by Gasteiger charge is -2.11. The lowest BCUT2D eigenvalue weighted by Crippen LogP contribution is -1.94. The Balaban J connectivity index is 0.725. The van der Waals surface area contributed by atoms with Crippen LogP contribution >= 0.6 is 0 Å². The molecule has 19 aromatic rings. The van der Waals surface area contributed by atoms with Gasteiger partial charge in [0.2, 0.25) is 0 Å². The molecule has 0 saturated heterocycles. The van der Waals surface area contributed by atoms with Gasteiger partial charge in [-0.25, -0.2) is 0 Å². The Morgan fingerprint density at radius 2 is 0.626 bits per heavy atom. The van der Waals surface area contributed by atoms with Crippen LogP contribution in [-0.2, 0) is 0 Å². The molecule has 0 unspecified atom stereocenters. The van der Waals surface area contributed by atoms with Crippen molar-refractivity contribution in [2.75, 3.05) is 0 Å². The fraction of sp³-hybridized carbons (Fsp3) is 0. The van der Waals surface area contributed by atoms with Crippen molar-refractivity contribution < 1.29 is 4.42 Å². The van der Waals surface area contributed by atoms with Crippen LogP contribution in [0.5, 0.6) is 0 Å². The maximum atomic E-state index is 9.83. The van der Waals surface area contributed by atoms with Gasteiger partial charge in [-0.1, -0.05) is 176 Å². The molecule has 0 saturated carbocycles. The van der Waals surface area contributed by atoms with Gasteiger partial charge in [0.05, 0.1) is 55.8 Å². The van der Waals surface area contributed by atoms with Gasteiger partial charge in [-0.2, -0.15) is 5.26 Å². The van der Waals surface area contributed by atoms with E-state index in [0.29, 0.717) is 5.56 Å². The fourth-order valence-electron chi connectivity index (χ4n) is 14.8. The van der Waals surface area contributed by atoms with Crippen LogP contribution in [0.25, 0.3) is 176 Å². The summed E-state index contributed by atoms with van der Waals surface area (Å²) in [6, 6.07) is 114. The van der Waals surface area contributed by atoms with Crippen LogP contribution in [0.3, 0.4) is 0 Å². The fourth-order valence-corrected chi connectivity index (χ4v) is 14.8. The number of nitriles is 1. The number of furan rings is 1. The van der Waals surface area contributed by atoms with Crippen molar-refractivity contribution in [1.29, 1.82) is 5.26 Å². The van der Waals surface area contributed by atoms with E-state index in [4.69, 9.17) is 4.42 Å². The first-order valence-electron chi connectivity index (χ1n) is 30.9. The van der Waals surface area contributed by atoms with Crippen LogP contribution in [-0.4, -0.2) is 18.3 Å². The highest BCUT2D eigenvalue weighted by atomic mass is 16.3. The van der Waals surface area contributed by atoms with E-state index in [9.17, 15) is 5.26 Å². The Labute approximate surface area is 522 Å². The number of para-hydroxylation sites is 5. The summed E-state index contributed by atoms with van der Waals surface area (Å²) in [5.74, 6) is 0. The minimum atomic E-state index is 0.634. The Kier molecular flexibility index (Phi) is 11.0. The maximum absolute atomic E-state index is 9.83. The Morgan fingerprint density at radius 1 is 0.231 bits per heavy atom. The lowest BCUT2D eigenvalue weighted by atomic mass is 9.99. The van der Waals surface area contributed by atoms with Crippen molar-refractivity contribution in [2.45, 2.75) is 0 Å². The molecule has 0 bridgehead atoms. The Bertz CT molecular complexity index is 6260. The van der Waals surface area contributed by atoms with Gasteiger partial charge >= 0.3 is 0 Å². The van der Waals surface area contributed by atoms with E-state index in [1.807, 2.05) is 18.2 Å². The van der Waals surface area contributed by atoms with Gasteiger partial charge < -0.3 is 22.7 Å². The minimum absolute atomic E-state index is 0.634. The quantitative estimate of drug-likeness (QED) is 0.152. The average Bonchev–Trinajstić information content (AvgIpc) is 1.65. The molecular formula is C85H51N5O. The van der Waals surface area contributed by atoms with Gasteiger partial charge in [-0.05, 0) is 172 Å². The third kappa shape index (κ3) is 7.78. The van der Waals surface area contributed by atoms with Gasteiger partial charge in [0.15, 0.2) is 0 Å². The number of fused-ring (bicyclic) bond motifs is 15. The molecule has 14 aromatic carbocycles. The number of aromatic nitrogens is 4. The monoisotopic (exact) mass is 1160 g/mol. The van der Waals surface area contributed by atoms with E-state index < -0.39 is 0 Å². The molecule has 0 amide bonds. The Morgan fingerprint density at radius 3 is 1.19 bits per heavy atom. The van der Waals surface area contributed by atoms with Crippen LogP contribution in [0.2, 0.25) is 0 Å². The smallest absolute Gasteiger partial charge is 0.143 e. The zero-order valence-corrected chi connectivity index (χ0v) is 49.1. The van der Waals surface area contributed by atoms with Crippen LogP contribution in [0.1, 0.15) is 5.56 Å². The minimum Gasteiger partial charge on any atom is -0.455 e. The third-order valence-electron chi connectivity index (χ3n) is 19.0. The summed E-state index contributed by atoms with van der Waals surface area (Å²) in [7, 11) is 0. The van der Waals surface area contributed by atoms with Crippen molar-refractivity contribution in [3.8, 4) is 73.3 Å². The van der Waals surface area contributed by atoms with E-state index >= 15 is 0 Å². The first kappa shape index (κ1) is 50.7. The lowest BCUT2D eigenvalue weighted by molar-refractivity contribution is 0.670. The molecule has 0 spiro atoms. The second-order valence-electron chi connectivity index (χ2n) is 23.9. The molecular weight excluding hydrogens is 1110 g/mol. The van der Waals surface area contributed by atoms with Crippen molar-refractivity contribution in [2.24, 2.45) is 0 Å². The maximum Gasteiger partial charge on any atom is 0.143 e. The standard InChI is InChI=1S/C85H51N5O/c86-52-53-15-13-20-63(45-53)89-77-27-11-8-22-67(77)72-47-58(34-42-81(72)89)59-33-41-80-74(49-59)69-39-31-60(50-83(69)88(80)62-36-29-55(30-37-62)54-16-3-1-4-17-54)65-24-14-25-70-75-51-64(38-44-84(75)91-85(65)70)90-78-28-12-9-23-68(78)73-48-57(35-43-82(73)90)56-32-40-79-71(46-56)66-21-7-10-26-76(66)87(79)61-18-5-2-6-19-61/h1-51H. The van der Waals surface area contributed by atoms with Crippen LogP contribution < -0.4 is 0 Å². The van der Waals surface area contributed by atoms with E-state index in [-0.39, 0.29) is 0 Å². The molecule has 91 heavy (non-hydrogen) atoms. The topological polar surface area (TPSA) is 56.6 Å². The summed E-state index contributed by atoms with van der Waals surface area (Å²) >= 11 is 0. The zero-order chi connectivity index (χ0) is 59.8. The van der Waals surface area contributed by atoms with Gasteiger partial charge in [0.1, 0.15) is 11.2 Å². The van der Waals surface area contributed by atoms with E-state index in [0.717, 1.165) is 111 Å². The second-order valence-corrected chi connectivity index (χ2v) is 23.9. The SMILES string of the molecule is N#Cc1cccc(-n2c3ccccc3c3cc(-c4ccc5c(c4)c4ccc(-c6cccc7c6oc6ccc(-n8c9ccccc9c9cc(-c%10ccc%11c(c%10)c%10ccccc%10n%11-c%10ccccc%10)ccc98)cc67)cc4n5-c4ccc(-c5ccccc5)cc4)ccc32)c1. The summed E-state index contributed by atoms with van der Waals surface area (Å²) < 4.78 is 16.5. The summed E-state index contributed by atoms with van der Waals surface area (Å²) in [6.07, 6.45) is 0. The number of benzene rings is 14. The molecule has 19 rings (SSSR count). The summed E-state index contributed by atoms with van der Waals surface area (Å²) in [5, 5.41) is 21.5. The molecule has 6 nitrogen and oxygen atoms in total. The third-order valence-corrected chi connectivity index (χ3v) is 19.0. The zero-order valence-electron chi connectivity index (χ0n) is 49.1. The van der Waals surface area contributed by atoms with E-state index in [2.05, 4.69) is 316 Å². The molecule has 0 aliphatic heterocycles. The highest BCUT2D eigenvalue weighted by Crippen LogP contribution is 2.44. The predicted octanol–water partition coefficient (Wildman–Crippen LogP) is 22.5. The van der Waals surface area contributed by atoms with E-state index in [1.54, 1.807) is 0 Å². The first-order valence-corrected chi connectivity index (χ1v) is 30.9. The average molecular weight is 1160 g/mol. The van der Waals surface area contributed by atoms with Crippen molar-refractivity contribution >= 4 is 109 Å². The normalized spacial score (nSPS) is 11.9. The molecule has 0 atom stereocenters. The molecule has 5 aromatic heterocycles. The Hall–Kier alpha value is -12.4. The number of rotatable bonds is 8. The van der Waals surface area contributed by atoms with Crippen LogP contribution in [0, 0.1) is 11.3 Å². The van der Waals surface area contributed by atoms with Gasteiger partial charge in [-0.3, -0.25) is 0 Å².